The maximum Gasteiger partial charge on any atom is 0.412 e. The summed E-state index contributed by atoms with van der Waals surface area (Å²) < 4.78 is 45.9. The Bertz CT molecular complexity index is 6650. The van der Waals surface area contributed by atoms with Crippen LogP contribution in [0.3, 0.4) is 0 Å². The van der Waals surface area contributed by atoms with Crippen LogP contribution in [0.25, 0.3) is 0 Å². The van der Waals surface area contributed by atoms with Crippen LogP contribution in [0.1, 0.15) is 198 Å². The van der Waals surface area contributed by atoms with Crippen molar-refractivity contribution in [2.24, 2.45) is 20.4 Å². The molecular formula is C106H101Br2N13O16S. The Morgan fingerprint density at radius 1 is 0.333 bits per heavy atom. The highest BCUT2D eigenvalue weighted by Gasteiger charge is 2.39. The Hall–Kier alpha value is -15.4. The summed E-state index contributed by atoms with van der Waals surface area (Å²) in [6.07, 6.45) is 1.17. The molecule has 0 aromatic heterocycles. The normalized spacial score (nSPS) is 15.5. The van der Waals surface area contributed by atoms with E-state index in [2.05, 4.69) is 68.1 Å². The van der Waals surface area contributed by atoms with Gasteiger partial charge in [0.1, 0.15) is 16.8 Å². The fourth-order valence-electron chi connectivity index (χ4n) is 14.9. The van der Waals surface area contributed by atoms with Gasteiger partial charge < -0.3 is 18.9 Å². The maximum absolute atomic E-state index is 13.5. The number of sulfone groups is 1. The van der Waals surface area contributed by atoms with E-state index in [0.29, 0.717) is 76.4 Å². The van der Waals surface area contributed by atoms with Crippen molar-refractivity contribution >= 4 is 141 Å². The van der Waals surface area contributed by atoms with E-state index in [-0.39, 0.29) is 58.4 Å². The third-order valence-electron chi connectivity index (χ3n) is 21.5. The molecule has 0 aliphatic carbocycles. The average molecular weight is 2000 g/mol. The summed E-state index contributed by atoms with van der Waals surface area (Å²) in [6.45, 7) is 16.2. The zero-order valence-corrected chi connectivity index (χ0v) is 81.4. The molecule has 12 aromatic rings. The molecule has 4 N–H and O–H groups in total. The number of carbonyl (C=O) groups excluding carboxylic acids is 8. The van der Waals surface area contributed by atoms with Crippen LogP contribution >= 0.6 is 31.9 Å². The molecule has 4 aliphatic rings. The number of rotatable bonds is 18. The van der Waals surface area contributed by atoms with E-state index in [0.717, 1.165) is 76.8 Å². The second-order valence-corrected chi connectivity index (χ2v) is 39.1. The van der Waals surface area contributed by atoms with Crippen molar-refractivity contribution in [1.29, 1.82) is 0 Å². The molecule has 0 spiro atoms. The number of halogens is 2. The highest BCUT2D eigenvalue weighted by Crippen LogP contribution is 2.40. The van der Waals surface area contributed by atoms with Gasteiger partial charge in [0, 0.05) is 98.0 Å². The Balaban J connectivity index is 0.000000156. The third-order valence-corrected chi connectivity index (χ3v) is 23.7. The van der Waals surface area contributed by atoms with Crippen LogP contribution in [0, 0.1) is 10.1 Å². The summed E-state index contributed by atoms with van der Waals surface area (Å²) in [7, 11) is -2.05. The number of carbonyl (C=O) groups is 8. The van der Waals surface area contributed by atoms with E-state index in [1.54, 1.807) is 124 Å². The molecule has 0 bridgehead atoms. The molecule has 0 fully saturated rings. The van der Waals surface area contributed by atoms with Gasteiger partial charge in [-0.1, -0.05) is 202 Å². The number of hydrazone groups is 4. The monoisotopic (exact) mass is 2000 g/mol. The molecule has 4 aliphatic heterocycles. The Morgan fingerprint density at radius 2 is 0.551 bits per heavy atom. The Morgan fingerprint density at radius 3 is 0.761 bits per heavy atom. The summed E-state index contributed by atoms with van der Waals surface area (Å²) in [5.41, 5.74) is 12.7. The van der Waals surface area contributed by atoms with Crippen LogP contribution in [0.2, 0.25) is 0 Å². The van der Waals surface area contributed by atoms with Crippen molar-refractivity contribution in [1.82, 2.24) is 20.0 Å². The highest BCUT2D eigenvalue weighted by atomic mass is 79.9. The number of nitro groups is 1. The minimum absolute atomic E-state index is 0.0862. The number of methoxy groups -OCH3 is 1. The standard InChI is InChI=1S/C28H29N3O5S.C27H26BrN3O3.C27H26N4O5.C24H20BrN3O3/c1-28(2,3)36-27(33)29-22-14-10-19(11-15-22)24-18-25(20-8-6-5-7-9-20)31(30-24)26(32)21-12-16-23(17-13-21)37(4,34)35;1-27(2,3)34-26(33)29-22-15-11-18(12-16-22)23-17-24(19-7-5-4-6-8-19)31(30-23)25(32)20-9-13-21(28)14-10-20;1-27(2,3)36-26(33)28-21-13-9-18(10-14-21)23-17-24(19-7-5-4-6-8-19)30(29-23)25(32)20-11-15-22(16-12-20)31(34)35;1-31-24(30)26-20-13-9-16(10-14-20)21-15-22(17-5-3-2-4-6-17)28(27-21)23(29)18-7-11-19(25)12-8-18/h5-17,25H,18H2,1-4H3,(H,29,33);4-16,24H,17H2,1-3H3,(H,29,33);4-16,24H,17H2,1-3H3,(H,28,33);2-14,22H,15H2,1H3,(H,26,30). The number of hydrogen-bond donors (Lipinski definition) is 4. The Labute approximate surface area is 816 Å². The molecule has 32 heteroatoms. The van der Waals surface area contributed by atoms with Crippen molar-refractivity contribution in [2.75, 3.05) is 34.6 Å². The van der Waals surface area contributed by atoms with Crippen molar-refractivity contribution in [2.45, 2.75) is 134 Å². The summed E-state index contributed by atoms with van der Waals surface area (Å²) >= 11 is 6.82. The lowest BCUT2D eigenvalue weighted by molar-refractivity contribution is -0.384. The minimum atomic E-state index is -3.37. The fourth-order valence-corrected chi connectivity index (χ4v) is 16.1. The molecule has 0 saturated heterocycles. The molecule has 8 amide bonds. The van der Waals surface area contributed by atoms with E-state index in [1.165, 1.54) is 65.7 Å². The molecule has 16 rings (SSSR count). The van der Waals surface area contributed by atoms with Gasteiger partial charge in [0.2, 0.25) is 0 Å². The van der Waals surface area contributed by atoms with Crippen molar-refractivity contribution in [3.63, 3.8) is 0 Å². The molecule has 4 unspecified atom stereocenters. The largest absolute Gasteiger partial charge is 0.453 e. The number of hydrogen-bond acceptors (Lipinski definition) is 20. The van der Waals surface area contributed by atoms with Crippen molar-refractivity contribution < 1.29 is 70.6 Å². The number of anilines is 4. The molecule has 12 aromatic carbocycles. The lowest BCUT2D eigenvalue weighted by Crippen LogP contribution is -2.27. The average Bonchev–Trinajstić information content (AvgIpc) is 1.62. The van der Waals surface area contributed by atoms with E-state index in [4.69, 9.17) is 24.4 Å². The van der Waals surface area contributed by atoms with E-state index >= 15 is 0 Å². The number of non-ortho nitro benzene ring substituents is 1. The molecule has 4 heterocycles. The van der Waals surface area contributed by atoms with Gasteiger partial charge in [-0.2, -0.15) is 20.4 Å². The van der Waals surface area contributed by atoms with Gasteiger partial charge in [-0.3, -0.25) is 50.6 Å². The van der Waals surface area contributed by atoms with Gasteiger partial charge >= 0.3 is 24.4 Å². The molecule has 29 nitrogen and oxygen atoms in total. The van der Waals surface area contributed by atoms with Crippen LogP contribution in [0.5, 0.6) is 0 Å². The van der Waals surface area contributed by atoms with Gasteiger partial charge in [-0.25, -0.2) is 47.6 Å². The quantitative estimate of drug-likeness (QED) is 0.0352. The number of nitrogens with zero attached hydrogens (tertiary/aromatic N) is 9. The fraction of sp³-hybridized carbons (Fsp3) is 0.208. The van der Waals surface area contributed by atoms with Gasteiger partial charge in [0.15, 0.2) is 9.84 Å². The SMILES string of the molecule is CC(C)(C)OC(=O)Nc1ccc(C2=NN(C(=O)c3ccc(Br)cc3)C(c3ccccc3)C2)cc1.CC(C)(C)OC(=O)Nc1ccc(C2=NN(C(=O)c3ccc(S(C)(=O)=O)cc3)C(c3ccccc3)C2)cc1.CC(C)(C)OC(=O)Nc1ccc(C2=NN(C(=O)c3ccc([N+](=O)[O-])cc3)C(c3ccccc3)C2)cc1.COC(=O)Nc1ccc(C2=NN(C(=O)c3ccc(Br)cc3)C(c3ccccc3)C2)cc1. The lowest BCUT2D eigenvalue weighted by atomic mass is 9.98. The highest BCUT2D eigenvalue weighted by molar-refractivity contribution is 9.10. The number of ether oxygens (including phenoxy) is 4. The van der Waals surface area contributed by atoms with Gasteiger partial charge in [-0.05, 0) is 240 Å². The molecule has 4 atom stereocenters. The van der Waals surface area contributed by atoms with Crippen LogP contribution in [-0.2, 0) is 28.8 Å². The van der Waals surface area contributed by atoms with Crippen molar-refractivity contribution in [3.05, 3.63) is 401 Å². The first kappa shape index (κ1) is 100. The number of nitrogens with one attached hydrogen (secondary N) is 4. The van der Waals surface area contributed by atoms with Gasteiger partial charge in [0.05, 0.1) is 63.9 Å². The lowest BCUT2D eigenvalue weighted by Gasteiger charge is -2.22. The predicted molar refractivity (Wildman–Crippen MR) is 538 cm³/mol. The number of benzene rings is 12. The topological polar surface area (TPSA) is 361 Å². The van der Waals surface area contributed by atoms with Crippen LogP contribution < -0.4 is 21.3 Å². The van der Waals surface area contributed by atoms with Gasteiger partial charge in [0.25, 0.3) is 29.3 Å². The summed E-state index contributed by atoms with van der Waals surface area (Å²) in [5.74, 6) is -0.982. The molecular weight excluding hydrogens is 1900 g/mol. The molecule has 706 valence electrons. The first-order chi connectivity index (χ1) is 65.7. The third kappa shape index (κ3) is 27.2. The smallest absolute Gasteiger partial charge is 0.412 e. The van der Waals surface area contributed by atoms with E-state index in [9.17, 15) is 56.9 Å². The van der Waals surface area contributed by atoms with Crippen LogP contribution in [0.4, 0.5) is 47.6 Å². The summed E-state index contributed by atoms with van der Waals surface area (Å²) in [5, 5.41) is 46.5. The molecule has 0 radical (unpaired) electrons. The van der Waals surface area contributed by atoms with E-state index < -0.39 is 55.9 Å². The van der Waals surface area contributed by atoms with Gasteiger partial charge in [-0.15, -0.1) is 0 Å². The predicted octanol–water partition coefficient (Wildman–Crippen LogP) is 23.8. The van der Waals surface area contributed by atoms with Crippen LogP contribution in [0.15, 0.2) is 350 Å². The second kappa shape index (κ2) is 44.4. The summed E-state index contributed by atoms with van der Waals surface area (Å²) in [6, 6.07) is 92.9. The second-order valence-electron chi connectivity index (χ2n) is 35.2. The minimum Gasteiger partial charge on any atom is -0.453 e. The van der Waals surface area contributed by atoms with Crippen LogP contribution in [-0.4, -0.2) is 134 Å². The van der Waals surface area contributed by atoms with Crippen molar-refractivity contribution in [3.8, 4) is 0 Å². The molecule has 0 saturated carbocycles. The summed E-state index contributed by atoms with van der Waals surface area (Å²) in [4.78, 5) is 112. The first-order valence-electron chi connectivity index (χ1n) is 43.9. The first-order valence-corrected chi connectivity index (χ1v) is 47.4. The maximum atomic E-state index is 13.5. The zero-order chi connectivity index (χ0) is 98.8. The number of amides is 8. The Kier molecular flexibility index (Phi) is 32.2. The zero-order valence-electron chi connectivity index (χ0n) is 77.4. The molecule has 138 heavy (non-hydrogen) atoms. The number of nitro benzene ring substituents is 1. The van der Waals surface area contributed by atoms with E-state index in [1.807, 2.05) is 215 Å².